The number of halogens is 2. The zero-order chi connectivity index (χ0) is 7.98. The molecule has 0 saturated carbocycles. The molecule has 0 spiro atoms. The van der Waals surface area contributed by atoms with Gasteiger partial charge in [-0.15, -0.1) is 0 Å². The van der Waals surface area contributed by atoms with Crippen molar-refractivity contribution in [2.24, 2.45) is 0 Å². The molecule has 0 N–H and O–H groups in total. The minimum Gasteiger partial charge on any atom is -0.318 e. The van der Waals surface area contributed by atoms with Gasteiger partial charge < -0.3 is 5.01 Å². The summed E-state index contributed by atoms with van der Waals surface area (Å²) in [4.78, 5) is 3.86. The van der Waals surface area contributed by atoms with Gasteiger partial charge >= 0.3 is 0 Å². The molecule has 12 heavy (non-hydrogen) atoms. The molecule has 0 aliphatic carbocycles. The van der Waals surface area contributed by atoms with Crippen LogP contribution in [0.5, 0.6) is 0 Å². The highest BCUT2D eigenvalue weighted by molar-refractivity contribution is 7.44. The highest BCUT2D eigenvalue weighted by Gasteiger charge is 1.84. The van der Waals surface area contributed by atoms with Crippen molar-refractivity contribution in [3.05, 3.63) is 18.7 Å². The first-order valence-electron chi connectivity index (χ1n) is 2.66. The molecule has 1 heterocycles. The standard InChI is InChI=1S/C5H9N3.2FH.H2OS/c1-7(2)8-4-3-6-5-8;;;1-2/h3-5H,1-2H3;2*1H;2H2. The van der Waals surface area contributed by atoms with Gasteiger partial charge in [0.15, 0.2) is 0 Å². The third kappa shape index (κ3) is 5.78. The highest BCUT2D eigenvalue weighted by Crippen LogP contribution is 1.81. The molecule has 1 aromatic heterocycles. The average Bonchev–Trinajstić information content (AvgIpc) is 2.42. The average molecular weight is 201 g/mol. The quantitative estimate of drug-likeness (QED) is 0.615. The molecule has 1 aromatic rings. The summed E-state index contributed by atoms with van der Waals surface area (Å²) in [5.74, 6) is 0. The SMILES string of the molecule is CN(C)n1ccnc1.F.F.O=[SH2]. The zero-order valence-electron chi connectivity index (χ0n) is 6.80. The highest BCUT2D eigenvalue weighted by atomic mass is 32.1. The summed E-state index contributed by atoms with van der Waals surface area (Å²) in [5.41, 5.74) is 0. The summed E-state index contributed by atoms with van der Waals surface area (Å²) in [6.07, 6.45) is 5.39. The minimum atomic E-state index is 0. The summed E-state index contributed by atoms with van der Waals surface area (Å²) in [5, 5.41) is 1.94. The van der Waals surface area contributed by atoms with Crippen LogP contribution >= 0.6 is 0 Å². The van der Waals surface area contributed by atoms with Crippen molar-refractivity contribution in [1.29, 1.82) is 0 Å². The predicted molar refractivity (Wildman–Crippen MR) is 48.2 cm³/mol. The van der Waals surface area contributed by atoms with Crippen molar-refractivity contribution in [2.45, 2.75) is 0 Å². The van der Waals surface area contributed by atoms with Crippen LogP contribution in [0.2, 0.25) is 0 Å². The maximum absolute atomic E-state index is 8.06. The Hall–Kier alpha value is -0.980. The summed E-state index contributed by atoms with van der Waals surface area (Å²) >= 11 is 1.72. The van der Waals surface area contributed by atoms with Gasteiger partial charge in [0.2, 0.25) is 0 Å². The first-order chi connectivity index (χ1) is 4.80. The van der Waals surface area contributed by atoms with E-state index in [0.717, 1.165) is 0 Å². The van der Waals surface area contributed by atoms with E-state index in [1.165, 1.54) is 0 Å². The van der Waals surface area contributed by atoms with Crippen LogP contribution < -0.4 is 5.01 Å². The third-order valence-corrected chi connectivity index (χ3v) is 0.952. The van der Waals surface area contributed by atoms with E-state index >= 15 is 0 Å². The van der Waals surface area contributed by atoms with E-state index in [-0.39, 0.29) is 9.41 Å². The molecule has 0 fully saturated rings. The lowest BCUT2D eigenvalue weighted by molar-refractivity contribution is 0.702. The first kappa shape index (κ1) is 17.2. The van der Waals surface area contributed by atoms with E-state index < -0.39 is 0 Å². The van der Waals surface area contributed by atoms with Crippen LogP contribution in [-0.4, -0.2) is 28.0 Å². The van der Waals surface area contributed by atoms with E-state index in [2.05, 4.69) is 4.98 Å². The topological polar surface area (TPSA) is 38.1 Å². The smallest absolute Gasteiger partial charge is 0.114 e. The second-order valence-electron chi connectivity index (χ2n) is 1.79. The van der Waals surface area contributed by atoms with Crippen molar-refractivity contribution in [1.82, 2.24) is 9.66 Å². The van der Waals surface area contributed by atoms with Crippen molar-refractivity contribution in [3.63, 3.8) is 0 Å². The molecule has 0 amide bonds. The van der Waals surface area contributed by atoms with Crippen molar-refractivity contribution in [2.75, 3.05) is 19.1 Å². The fourth-order valence-electron chi connectivity index (χ4n) is 0.489. The van der Waals surface area contributed by atoms with Gasteiger partial charge in [0.1, 0.15) is 6.33 Å². The summed E-state index contributed by atoms with van der Waals surface area (Å²) < 4.78 is 9.94. The predicted octanol–water partition coefficient (Wildman–Crippen LogP) is -0.486. The molecule has 0 unspecified atom stereocenters. The lowest BCUT2D eigenvalue weighted by atomic mass is 10.9. The number of aromatic nitrogens is 2. The maximum Gasteiger partial charge on any atom is 0.114 e. The van der Waals surface area contributed by atoms with E-state index in [1.54, 1.807) is 25.1 Å². The fourth-order valence-corrected chi connectivity index (χ4v) is 0.489. The molecule has 1 rings (SSSR count). The van der Waals surface area contributed by atoms with Gasteiger partial charge in [0, 0.05) is 26.5 Å². The largest absolute Gasteiger partial charge is 0.318 e. The Morgan fingerprint density at radius 2 is 1.83 bits per heavy atom. The van der Waals surface area contributed by atoms with Gasteiger partial charge in [-0.3, -0.25) is 18.3 Å². The molecule has 0 aliphatic heterocycles. The lowest BCUT2D eigenvalue weighted by Gasteiger charge is -2.11. The number of rotatable bonds is 1. The Morgan fingerprint density at radius 1 is 1.33 bits per heavy atom. The molecule has 0 saturated heterocycles. The van der Waals surface area contributed by atoms with Gasteiger partial charge in [-0.2, -0.15) is 0 Å². The number of imidazole rings is 1. The molecule has 74 valence electrons. The Balaban J connectivity index is -0.000000189. The lowest BCUT2D eigenvalue weighted by Crippen LogP contribution is -2.22. The summed E-state index contributed by atoms with van der Waals surface area (Å²) in [7, 11) is 3.92. The molecular formula is C5H13F2N3OS. The number of nitrogens with zero attached hydrogens (tertiary/aromatic N) is 3. The number of hydrogen-bond donors (Lipinski definition) is 0. The third-order valence-electron chi connectivity index (χ3n) is 0.952. The minimum absolute atomic E-state index is 0. The van der Waals surface area contributed by atoms with Crippen molar-refractivity contribution >= 4 is 12.5 Å². The summed E-state index contributed by atoms with van der Waals surface area (Å²) in [6, 6.07) is 0. The molecule has 0 radical (unpaired) electrons. The van der Waals surface area contributed by atoms with E-state index in [0.29, 0.717) is 0 Å². The van der Waals surface area contributed by atoms with E-state index in [9.17, 15) is 0 Å². The Labute approximate surface area is 74.4 Å². The van der Waals surface area contributed by atoms with Crippen molar-refractivity contribution in [3.8, 4) is 0 Å². The van der Waals surface area contributed by atoms with Gasteiger partial charge in [-0.1, -0.05) is 0 Å². The van der Waals surface area contributed by atoms with Crippen LogP contribution in [-0.2, 0) is 12.5 Å². The second-order valence-corrected chi connectivity index (χ2v) is 1.79. The fraction of sp³-hybridized carbons (Fsp3) is 0.400. The van der Waals surface area contributed by atoms with Gasteiger partial charge in [-0.25, -0.2) is 4.98 Å². The second kappa shape index (κ2) is 10.0. The van der Waals surface area contributed by atoms with Crippen molar-refractivity contribution < 1.29 is 13.6 Å². The monoisotopic (exact) mass is 201 g/mol. The molecule has 0 bridgehead atoms. The molecule has 0 atom stereocenters. The van der Waals surface area contributed by atoms with Gasteiger partial charge in [-0.05, 0) is 12.5 Å². The van der Waals surface area contributed by atoms with Gasteiger partial charge in [0.05, 0.1) is 0 Å². The maximum atomic E-state index is 8.06. The molecular weight excluding hydrogens is 188 g/mol. The van der Waals surface area contributed by atoms with Gasteiger partial charge in [0.25, 0.3) is 0 Å². The first-order valence-corrected chi connectivity index (χ1v) is 3.07. The van der Waals surface area contributed by atoms with Crippen LogP contribution in [0, 0.1) is 0 Å². The molecule has 0 aromatic carbocycles. The van der Waals surface area contributed by atoms with Crippen LogP contribution in [0.3, 0.4) is 0 Å². The number of hydrogen-bond acceptors (Lipinski definition) is 3. The van der Waals surface area contributed by atoms with Crippen LogP contribution in [0.25, 0.3) is 0 Å². The Kier molecular flexibility index (Phi) is 14.4. The van der Waals surface area contributed by atoms with Crippen LogP contribution in [0.15, 0.2) is 18.7 Å². The molecule has 4 nitrogen and oxygen atoms in total. The van der Waals surface area contributed by atoms with Crippen LogP contribution in [0.1, 0.15) is 0 Å². The van der Waals surface area contributed by atoms with E-state index in [1.807, 2.05) is 30.0 Å². The molecule has 7 heteroatoms. The van der Waals surface area contributed by atoms with E-state index in [4.69, 9.17) is 4.21 Å². The Bertz CT molecular complexity index is 171. The Morgan fingerprint density at radius 3 is 2.00 bits per heavy atom. The normalized spacial score (nSPS) is 6.58. The van der Waals surface area contributed by atoms with Crippen LogP contribution in [0.4, 0.5) is 9.41 Å². The zero-order valence-corrected chi connectivity index (χ0v) is 7.80. The molecule has 0 aliphatic rings. The summed E-state index contributed by atoms with van der Waals surface area (Å²) in [6.45, 7) is 0.